The Morgan fingerprint density at radius 3 is 2.69 bits per heavy atom. The van der Waals surface area contributed by atoms with Gasteiger partial charge in [-0.1, -0.05) is 39.0 Å². The fourth-order valence-electron chi connectivity index (χ4n) is 3.68. The van der Waals surface area contributed by atoms with Crippen molar-refractivity contribution >= 4 is 22.7 Å². The lowest BCUT2D eigenvalue weighted by atomic mass is 9.72. The third-order valence-electron chi connectivity index (χ3n) is 5.42. The number of hydrogen-bond donors (Lipinski definition) is 0. The molecule has 6 nitrogen and oxygen atoms in total. The van der Waals surface area contributed by atoms with Gasteiger partial charge >= 0.3 is 0 Å². The summed E-state index contributed by atoms with van der Waals surface area (Å²) >= 11 is 1.49. The molecule has 2 aromatic rings. The maximum atomic E-state index is 11.2. The molecule has 3 rings (SSSR count). The Kier molecular flexibility index (Phi) is 6.47. The standard InChI is InChI=1S/C22H28N4O2S/c1-5-13-23-21-25(24-18-11-9-17(10-12-18)22(2,3)4)20(15-29-21)16-7-6-8-19(14-16)26(27)28/h5-8,14-15,17H,1,9-13H2,2-4H3. The molecule has 0 amide bonds. The summed E-state index contributed by atoms with van der Waals surface area (Å²) in [7, 11) is 0. The summed E-state index contributed by atoms with van der Waals surface area (Å²) in [5, 5.41) is 18.1. The number of hydrogen-bond acceptors (Lipinski definition) is 5. The monoisotopic (exact) mass is 412 g/mol. The summed E-state index contributed by atoms with van der Waals surface area (Å²) in [6.07, 6.45) is 5.97. The van der Waals surface area contributed by atoms with Crippen LogP contribution in [0.2, 0.25) is 0 Å². The third kappa shape index (κ3) is 5.09. The van der Waals surface area contributed by atoms with Gasteiger partial charge in [0.1, 0.15) is 0 Å². The number of aromatic nitrogens is 1. The largest absolute Gasteiger partial charge is 0.270 e. The third-order valence-corrected chi connectivity index (χ3v) is 6.28. The predicted molar refractivity (Wildman–Crippen MR) is 119 cm³/mol. The zero-order valence-electron chi connectivity index (χ0n) is 17.3. The molecule has 1 saturated carbocycles. The Morgan fingerprint density at radius 2 is 2.07 bits per heavy atom. The van der Waals surface area contributed by atoms with Crippen LogP contribution in [0.5, 0.6) is 0 Å². The van der Waals surface area contributed by atoms with E-state index < -0.39 is 0 Å². The van der Waals surface area contributed by atoms with Crippen LogP contribution in [0, 0.1) is 21.4 Å². The molecular formula is C22H28N4O2S. The maximum absolute atomic E-state index is 11.2. The molecule has 154 valence electrons. The highest BCUT2D eigenvalue weighted by molar-refractivity contribution is 7.07. The Morgan fingerprint density at radius 1 is 1.34 bits per heavy atom. The summed E-state index contributed by atoms with van der Waals surface area (Å²) in [4.78, 5) is 16.2. The molecule has 0 saturated heterocycles. The van der Waals surface area contributed by atoms with Gasteiger partial charge in [-0.3, -0.25) is 15.1 Å². The number of rotatable bonds is 5. The van der Waals surface area contributed by atoms with Crippen molar-refractivity contribution in [2.75, 3.05) is 6.54 Å². The smallest absolute Gasteiger partial charge is 0.258 e. The zero-order chi connectivity index (χ0) is 21.0. The SMILES string of the molecule is C=CCN=c1scc(-c2cccc([N+](=O)[O-])c2)n1N=C1CCC(C(C)(C)C)CC1. The maximum Gasteiger partial charge on any atom is 0.270 e. The van der Waals surface area contributed by atoms with Crippen molar-refractivity contribution in [2.24, 2.45) is 21.4 Å². The first kappa shape index (κ1) is 21.2. The van der Waals surface area contributed by atoms with Crippen LogP contribution in [-0.2, 0) is 0 Å². The van der Waals surface area contributed by atoms with Crippen molar-refractivity contribution in [1.82, 2.24) is 4.68 Å². The molecule has 0 unspecified atom stereocenters. The van der Waals surface area contributed by atoms with Gasteiger partial charge in [-0.2, -0.15) is 5.10 Å². The van der Waals surface area contributed by atoms with Crippen LogP contribution in [0.15, 0.2) is 52.4 Å². The molecule has 0 atom stereocenters. The number of nitro benzene ring substituents is 1. The molecular weight excluding hydrogens is 384 g/mol. The van der Waals surface area contributed by atoms with Gasteiger partial charge in [-0.25, -0.2) is 4.68 Å². The summed E-state index contributed by atoms with van der Waals surface area (Å²) < 4.78 is 1.85. The van der Waals surface area contributed by atoms with Crippen molar-refractivity contribution < 1.29 is 4.92 Å². The van der Waals surface area contributed by atoms with E-state index in [0.29, 0.717) is 17.9 Å². The molecule has 1 aliphatic rings. The molecule has 1 aromatic heterocycles. The second-order valence-corrected chi connectivity index (χ2v) is 9.30. The van der Waals surface area contributed by atoms with Crippen LogP contribution in [0.25, 0.3) is 11.3 Å². The average Bonchev–Trinajstić information content (AvgIpc) is 3.08. The average molecular weight is 413 g/mol. The minimum atomic E-state index is -0.372. The lowest BCUT2D eigenvalue weighted by Crippen LogP contribution is -2.26. The van der Waals surface area contributed by atoms with Gasteiger partial charge in [0.05, 0.1) is 17.2 Å². The lowest BCUT2D eigenvalue weighted by Gasteiger charge is -2.34. The van der Waals surface area contributed by atoms with E-state index in [4.69, 9.17) is 5.10 Å². The number of nitrogens with zero attached hydrogens (tertiary/aromatic N) is 4. The second-order valence-electron chi connectivity index (χ2n) is 8.46. The summed E-state index contributed by atoms with van der Waals surface area (Å²) in [5.74, 6) is 0.704. The molecule has 0 spiro atoms. The van der Waals surface area contributed by atoms with E-state index in [-0.39, 0.29) is 10.6 Å². The van der Waals surface area contributed by atoms with Crippen LogP contribution < -0.4 is 4.80 Å². The highest BCUT2D eigenvalue weighted by atomic mass is 32.1. The highest BCUT2D eigenvalue weighted by Gasteiger charge is 2.28. The summed E-state index contributed by atoms with van der Waals surface area (Å²) in [6.45, 7) is 11.2. The first-order chi connectivity index (χ1) is 13.8. The number of non-ortho nitro benzene ring substituents is 1. The van der Waals surface area contributed by atoms with Gasteiger partial charge in [0.15, 0.2) is 0 Å². The molecule has 1 aliphatic carbocycles. The molecule has 0 bridgehead atoms. The fourth-order valence-corrected chi connectivity index (χ4v) is 4.52. The van der Waals surface area contributed by atoms with Gasteiger partial charge < -0.3 is 0 Å². The van der Waals surface area contributed by atoms with E-state index in [0.717, 1.165) is 47.5 Å². The first-order valence-electron chi connectivity index (χ1n) is 9.93. The van der Waals surface area contributed by atoms with Gasteiger partial charge in [-0.15, -0.1) is 17.9 Å². The quantitative estimate of drug-likeness (QED) is 0.361. The minimum Gasteiger partial charge on any atom is -0.258 e. The van der Waals surface area contributed by atoms with E-state index in [2.05, 4.69) is 32.3 Å². The van der Waals surface area contributed by atoms with Crippen LogP contribution in [0.1, 0.15) is 46.5 Å². The number of benzene rings is 1. The molecule has 7 heteroatoms. The Balaban J connectivity index is 1.99. The molecule has 1 heterocycles. The van der Waals surface area contributed by atoms with Crippen LogP contribution in [0.4, 0.5) is 5.69 Å². The van der Waals surface area contributed by atoms with Crippen molar-refractivity contribution in [3.8, 4) is 11.3 Å². The van der Waals surface area contributed by atoms with Crippen molar-refractivity contribution in [3.05, 3.63) is 57.2 Å². The molecule has 0 aliphatic heterocycles. The zero-order valence-corrected chi connectivity index (χ0v) is 18.1. The van der Waals surface area contributed by atoms with Gasteiger partial charge in [0.2, 0.25) is 4.80 Å². The Labute approximate surface area is 175 Å². The number of thiazole rings is 1. The Bertz CT molecular complexity index is 985. The van der Waals surface area contributed by atoms with Crippen molar-refractivity contribution in [2.45, 2.75) is 46.5 Å². The Hall–Kier alpha value is -2.54. The second kappa shape index (κ2) is 8.86. The predicted octanol–water partition coefficient (Wildman–Crippen LogP) is 5.65. The van der Waals surface area contributed by atoms with E-state index >= 15 is 0 Å². The molecule has 0 N–H and O–H groups in total. The van der Waals surface area contributed by atoms with E-state index in [1.165, 1.54) is 17.4 Å². The fraction of sp³-hybridized carbons (Fsp3) is 0.455. The molecule has 0 radical (unpaired) electrons. The van der Waals surface area contributed by atoms with E-state index in [1.54, 1.807) is 18.2 Å². The summed E-state index contributed by atoms with van der Waals surface area (Å²) in [6, 6.07) is 6.67. The van der Waals surface area contributed by atoms with Crippen molar-refractivity contribution in [1.29, 1.82) is 0 Å². The van der Waals surface area contributed by atoms with Gasteiger partial charge in [0.25, 0.3) is 5.69 Å². The first-order valence-corrected chi connectivity index (χ1v) is 10.8. The summed E-state index contributed by atoms with van der Waals surface area (Å²) in [5.41, 5.74) is 3.15. The molecule has 1 fully saturated rings. The molecule has 1 aromatic carbocycles. The number of nitro groups is 1. The van der Waals surface area contributed by atoms with E-state index in [1.807, 2.05) is 16.1 Å². The van der Waals surface area contributed by atoms with Gasteiger partial charge in [-0.05, 0) is 37.0 Å². The van der Waals surface area contributed by atoms with Gasteiger partial charge in [0, 0.05) is 28.8 Å². The van der Waals surface area contributed by atoms with E-state index in [9.17, 15) is 10.1 Å². The minimum absolute atomic E-state index is 0.0724. The highest BCUT2D eigenvalue weighted by Crippen LogP contribution is 2.37. The van der Waals surface area contributed by atoms with Crippen molar-refractivity contribution in [3.63, 3.8) is 0 Å². The normalized spacial score (nSPS) is 18.0. The van der Waals surface area contributed by atoms with Crippen LogP contribution in [0.3, 0.4) is 0 Å². The van der Waals surface area contributed by atoms with Crippen LogP contribution >= 0.6 is 11.3 Å². The lowest BCUT2D eigenvalue weighted by molar-refractivity contribution is -0.384. The molecule has 29 heavy (non-hydrogen) atoms. The topological polar surface area (TPSA) is 72.8 Å². The van der Waals surface area contributed by atoms with Crippen LogP contribution in [-0.4, -0.2) is 21.9 Å².